The fraction of sp³-hybridized carbons (Fsp3) is 0.111. The second-order valence-corrected chi connectivity index (χ2v) is 3.26. The van der Waals surface area contributed by atoms with Gasteiger partial charge in [-0.3, -0.25) is 15.1 Å². The van der Waals surface area contributed by atoms with Crippen molar-refractivity contribution in [3.05, 3.63) is 51.4 Å². The molecule has 1 heterocycles. The Balaban J connectivity index is 2.12. The molecular formula is C9H6BFN3O2. The maximum absolute atomic E-state index is 13.0. The van der Waals surface area contributed by atoms with Gasteiger partial charge in [0.25, 0.3) is 5.69 Å². The lowest BCUT2D eigenvalue weighted by Gasteiger charge is -2.00. The van der Waals surface area contributed by atoms with Gasteiger partial charge in [0.15, 0.2) is 0 Å². The van der Waals surface area contributed by atoms with Gasteiger partial charge in [0.05, 0.1) is 4.92 Å². The van der Waals surface area contributed by atoms with E-state index in [1.54, 1.807) is 12.1 Å². The van der Waals surface area contributed by atoms with E-state index in [0.29, 0.717) is 11.9 Å². The molecule has 0 amide bonds. The number of nitrogens with zero attached hydrogens (tertiary/aromatic N) is 3. The Morgan fingerprint density at radius 3 is 2.56 bits per heavy atom. The number of halogens is 1. The van der Waals surface area contributed by atoms with Gasteiger partial charge in [-0.25, -0.2) is 0 Å². The van der Waals surface area contributed by atoms with Crippen LogP contribution in [0.1, 0.15) is 5.56 Å². The van der Waals surface area contributed by atoms with Crippen LogP contribution in [0.25, 0.3) is 0 Å². The molecule has 7 heteroatoms. The van der Waals surface area contributed by atoms with Crippen LogP contribution >= 0.6 is 0 Å². The highest BCUT2D eigenvalue weighted by Gasteiger charge is 2.15. The van der Waals surface area contributed by atoms with Crippen molar-refractivity contribution in [2.45, 2.75) is 6.42 Å². The van der Waals surface area contributed by atoms with Gasteiger partial charge in [0.1, 0.15) is 0 Å². The van der Waals surface area contributed by atoms with Crippen molar-refractivity contribution in [3.8, 4) is 0 Å². The summed E-state index contributed by atoms with van der Waals surface area (Å²) in [5.74, 6) is -0.599. The van der Waals surface area contributed by atoms with Crippen LogP contribution in [-0.4, -0.2) is 12.3 Å². The lowest BCUT2D eigenvalue weighted by Crippen LogP contribution is -1.96. The summed E-state index contributed by atoms with van der Waals surface area (Å²) < 4.78 is 13.0. The van der Waals surface area contributed by atoms with Crippen LogP contribution in [0.15, 0.2) is 45.8 Å². The third kappa shape index (κ3) is 2.13. The molecule has 79 valence electrons. The molecular weight excluding hydrogens is 212 g/mol. The minimum Gasteiger partial charge on any atom is -0.258 e. The van der Waals surface area contributed by atoms with Crippen molar-refractivity contribution >= 4 is 13.1 Å². The van der Waals surface area contributed by atoms with Crippen LogP contribution in [0.3, 0.4) is 0 Å². The molecule has 0 N–H and O–H groups in total. The van der Waals surface area contributed by atoms with Crippen molar-refractivity contribution in [2.75, 3.05) is 0 Å². The molecule has 0 aliphatic carbocycles. The summed E-state index contributed by atoms with van der Waals surface area (Å²) in [6, 6.07) is 5.95. The molecule has 1 aliphatic heterocycles. The Morgan fingerprint density at radius 2 is 2.06 bits per heavy atom. The quantitative estimate of drug-likeness (QED) is 0.338. The molecule has 5 nitrogen and oxygen atoms in total. The average Bonchev–Trinajstić information content (AvgIpc) is 2.65. The van der Waals surface area contributed by atoms with Crippen molar-refractivity contribution in [3.63, 3.8) is 0 Å². The normalized spacial score (nSPS) is 14.1. The van der Waals surface area contributed by atoms with E-state index in [-0.39, 0.29) is 5.69 Å². The molecule has 0 fully saturated rings. The summed E-state index contributed by atoms with van der Waals surface area (Å²) in [7, 11) is 1.34. The van der Waals surface area contributed by atoms with Gasteiger partial charge in [0.2, 0.25) is 5.95 Å². The van der Waals surface area contributed by atoms with Crippen molar-refractivity contribution in [2.24, 2.45) is 10.1 Å². The average molecular weight is 218 g/mol. The highest BCUT2D eigenvalue weighted by atomic mass is 19.1. The highest BCUT2D eigenvalue weighted by Crippen LogP contribution is 2.20. The minimum absolute atomic E-state index is 0.0166. The summed E-state index contributed by atoms with van der Waals surface area (Å²) in [6.07, 6.45) is 0.330. The van der Waals surface area contributed by atoms with Crippen LogP contribution in [0, 0.1) is 10.1 Å². The molecule has 1 radical (unpaired) electrons. The van der Waals surface area contributed by atoms with Gasteiger partial charge >= 0.3 is 7.41 Å². The molecule has 0 spiro atoms. The van der Waals surface area contributed by atoms with Crippen LogP contribution in [-0.2, 0) is 6.42 Å². The van der Waals surface area contributed by atoms with E-state index in [9.17, 15) is 14.5 Å². The zero-order chi connectivity index (χ0) is 11.5. The molecule has 0 aromatic heterocycles. The zero-order valence-corrected chi connectivity index (χ0v) is 8.13. The van der Waals surface area contributed by atoms with Crippen LogP contribution in [0.4, 0.5) is 10.1 Å². The first-order chi connectivity index (χ1) is 7.66. The van der Waals surface area contributed by atoms with E-state index in [1.165, 1.54) is 19.5 Å². The van der Waals surface area contributed by atoms with Gasteiger partial charge in [-0.15, -0.1) is 5.11 Å². The van der Waals surface area contributed by atoms with Gasteiger partial charge in [-0.05, 0) is 17.5 Å². The van der Waals surface area contributed by atoms with E-state index in [0.717, 1.165) is 5.56 Å². The number of hydrogen-bond donors (Lipinski definition) is 0. The summed E-state index contributed by atoms with van der Waals surface area (Å²) >= 11 is 0. The highest BCUT2D eigenvalue weighted by molar-refractivity contribution is 6.44. The lowest BCUT2D eigenvalue weighted by atomic mass is 9.81. The summed E-state index contributed by atoms with van der Waals surface area (Å²) in [6.45, 7) is 0. The standard InChI is InChI=1S/C9H6BFN3O2/c11-9-8(10-13-12-9)5-6-1-3-7(4-2-6)14(15)16/h1-4H,5H2. The monoisotopic (exact) mass is 218 g/mol. The minimum atomic E-state index is -0.599. The molecule has 2 rings (SSSR count). The van der Waals surface area contributed by atoms with E-state index < -0.39 is 10.9 Å². The van der Waals surface area contributed by atoms with E-state index in [2.05, 4.69) is 10.1 Å². The Bertz CT molecular complexity index is 484. The van der Waals surface area contributed by atoms with E-state index in [1.807, 2.05) is 0 Å². The fourth-order valence-electron chi connectivity index (χ4n) is 1.34. The third-order valence-corrected chi connectivity index (χ3v) is 2.17. The lowest BCUT2D eigenvalue weighted by molar-refractivity contribution is -0.384. The fourth-order valence-corrected chi connectivity index (χ4v) is 1.34. The SMILES string of the molecule is O=[N+]([O-])c1ccc(CC2=C(F)N=N[B]2)cc1. The van der Waals surface area contributed by atoms with E-state index in [4.69, 9.17) is 0 Å². The van der Waals surface area contributed by atoms with Gasteiger partial charge < -0.3 is 0 Å². The second-order valence-electron chi connectivity index (χ2n) is 3.26. The first-order valence-corrected chi connectivity index (χ1v) is 4.53. The summed E-state index contributed by atoms with van der Waals surface area (Å²) in [5, 5.41) is 17.1. The Hall–Kier alpha value is -2.05. The summed E-state index contributed by atoms with van der Waals surface area (Å²) in [4.78, 5) is 9.93. The van der Waals surface area contributed by atoms with Crippen molar-refractivity contribution in [1.29, 1.82) is 0 Å². The Morgan fingerprint density at radius 1 is 1.38 bits per heavy atom. The molecule has 0 unspecified atom stereocenters. The number of allylic oxidation sites excluding steroid dienone is 1. The molecule has 1 aliphatic rings. The predicted molar refractivity (Wildman–Crippen MR) is 55.5 cm³/mol. The number of nitro groups is 1. The number of rotatable bonds is 3. The maximum Gasteiger partial charge on any atom is 0.344 e. The second kappa shape index (κ2) is 4.22. The molecule has 16 heavy (non-hydrogen) atoms. The van der Waals surface area contributed by atoms with Crippen molar-refractivity contribution in [1.82, 2.24) is 0 Å². The number of hydrogen-bond acceptors (Lipinski definition) is 4. The first kappa shape index (κ1) is 10.5. The topological polar surface area (TPSA) is 67.9 Å². The van der Waals surface area contributed by atoms with Gasteiger partial charge in [-0.2, -0.15) is 4.39 Å². The van der Waals surface area contributed by atoms with Crippen molar-refractivity contribution < 1.29 is 9.31 Å². The molecule has 0 bridgehead atoms. The number of non-ortho nitro benzene ring substituents is 1. The predicted octanol–water partition coefficient (Wildman–Crippen LogP) is 2.36. The molecule has 1 aromatic carbocycles. The first-order valence-electron chi connectivity index (χ1n) is 4.53. The Kier molecular flexibility index (Phi) is 2.76. The maximum atomic E-state index is 13.0. The zero-order valence-electron chi connectivity index (χ0n) is 8.13. The largest absolute Gasteiger partial charge is 0.344 e. The molecule has 0 saturated carbocycles. The van der Waals surface area contributed by atoms with Crippen LogP contribution in [0.5, 0.6) is 0 Å². The molecule has 0 atom stereocenters. The third-order valence-electron chi connectivity index (χ3n) is 2.17. The van der Waals surface area contributed by atoms with E-state index >= 15 is 0 Å². The van der Waals surface area contributed by atoms with Gasteiger partial charge in [-0.1, -0.05) is 12.1 Å². The molecule has 1 aromatic rings. The summed E-state index contributed by atoms with van der Waals surface area (Å²) in [5.41, 5.74) is 1.18. The Labute approximate surface area is 91.1 Å². The molecule has 0 saturated heterocycles. The smallest absolute Gasteiger partial charge is 0.258 e. The number of benzene rings is 1. The number of nitro benzene ring substituents is 1. The van der Waals surface area contributed by atoms with Gasteiger partial charge in [0, 0.05) is 12.1 Å². The van der Waals surface area contributed by atoms with Crippen LogP contribution < -0.4 is 0 Å². The van der Waals surface area contributed by atoms with Crippen LogP contribution in [0.2, 0.25) is 0 Å².